The van der Waals surface area contributed by atoms with Gasteiger partial charge < -0.3 is 9.47 Å². The minimum Gasteiger partial charge on any atom is -0.353 e. The summed E-state index contributed by atoms with van der Waals surface area (Å²) in [7, 11) is 2.15. The Hall–Kier alpha value is -0.0151. The molecule has 60 valence electrons. The van der Waals surface area contributed by atoms with Gasteiger partial charge in [-0.3, -0.25) is 0 Å². The van der Waals surface area contributed by atoms with Gasteiger partial charge in [0.1, 0.15) is 7.85 Å². The van der Waals surface area contributed by atoms with E-state index >= 15 is 0 Å². The van der Waals surface area contributed by atoms with E-state index < -0.39 is 0 Å². The monoisotopic (exact) mass is 144 g/mol. The lowest BCUT2D eigenvalue weighted by atomic mass is 10.0. The van der Waals surface area contributed by atoms with Gasteiger partial charge in [0, 0.05) is 13.2 Å². The maximum Gasteiger partial charge on any atom is 0.154 e. The summed E-state index contributed by atoms with van der Waals surface area (Å²) < 4.78 is 10.5. The zero-order valence-electron chi connectivity index (χ0n) is 7.22. The minimum absolute atomic E-state index is 0.0310. The molecule has 0 spiro atoms. The summed E-state index contributed by atoms with van der Waals surface area (Å²) in [6, 6.07) is 0. The van der Waals surface area contributed by atoms with Gasteiger partial charge in [-0.05, 0) is 20.3 Å². The first-order valence-corrected chi connectivity index (χ1v) is 4.04. The van der Waals surface area contributed by atoms with Crippen molar-refractivity contribution in [2.75, 3.05) is 13.2 Å². The molecule has 0 bridgehead atoms. The van der Waals surface area contributed by atoms with E-state index in [4.69, 9.17) is 9.47 Å². The molecular formula is C7H17BO2. The summed E-state index contributed by atoms with van der Waals surface area (Å²) in [5.41, 5.74) is 0. The fourth-order valence-electron chi connectivity index (χ4n) is 0.676. The quantitative estimate of drug-likeness (QED) is 0.312. The van der Waals surface area contributed by atoms with Gasteiger partial charge in [-0.25, -0.2) is 0 Å². The highest BCUT2D eigenvalue weighted by molar-refractivity contribution is 6.08. The average molecular weight is 144 g/mol. The van der Waals surface area contributed by atoms with Gasteiger partial charge in [0.05, 0.1) is 0 Å². The molecule has 0 heterocycles. The van der Waals surface area contributed by atoms with Gasteiger partial charge >= 0.3 is 0 Å². The molecule has 0 rings (SSSR count). The highest BCUT2D eigenvalue weighted by Crippen LogP contribution is 1.95. The molecule has 1 unspecified atom stereocenters. The van der Waals surface area contributed by atoms with Crippen LogP contribution in [-0.2, 0) is 9.47 Å². The van der Waals surface area contributed by atoms with Crippen LogP contribution in [0.15, 0.2) is 0 Å². The second kappa shape index (κ2) is 7.10. The molecule has 1 atom stereocenters. The molecule has 0 aromatic rings. The first-order valence-electron chi connectivity index (χ1n) is 4.04. The smallest absolute Gasteiger partial charge is 0.154 e. The Bertz CT molecular complexity index is 68.6. The lowest BCUT2D eigenvalue weighted by molar-refractivity contribution is -0.126. The van der Waals surface area contributed by atoms with Crippen LogP contribution in [-0.4, -0.2) is 27.4 Å². The van der Waals surface area contributed by atoms with Crippen LogP contribution in [0.4, 0.5) is 0 Å². The third-order valence-corrected chi connectivity index (χ3v) is 1.25. The molecular weight excluding hydrogens is 127 g/mol. The number of hydrogen-bond acceptors (Lipinski definition) is 2. The van der Waals surface area contributed by atoms with E-state index in [1.165, 1.54) is 6.32 Å². The number of hydrogen-bond donors (Lipinski definition) is 0. The van der Waals surface area contributed by atoms with Crippen molar-refractivity contribution in [3.05, 3.63) is 0 Å². The minimum atomic E-state index is -0.0310. The Morgan fingerprint density at radius 3 is 2.60 bits per heavy atom. The van der Waals surface area contributed by atoms with E-state index in [-0.39, 0.29) is 6.29 Å². The molecule has 0 saturated carbocycles. The van der Waals surface area contributed by atoms with Crippen LogP contribution in [0.1, 0.15) is 20.3 Å². The summed E-state index contributed by atoms with van der Waals surface area (Å²) in [6.07, 6.45) is 2.27. The molecule has 0 N–H and O–H groups in total. The normalized spacial score (nSPS) is 13.4. The van der Waals surface area contributed by atoms with Crippen molar-refractivity contribution in [3.63, 3.8) is 0 Å². The van der Waals surface area contributed by atoms with Gasteiger partial charge in [-0.1, -0.05) is 6.32 Å². The molecule has 0 amide bonds. The number of ether oxygens (including phenoxy) is 2. The van der Waals surface area contributed by atoms with Gasteiger partial charge in [-0.2, -0.15) is 0 Å². The summed E-state index contributed by atoms with van der Waals surface area (Å²) in [4.78, 5) is 0. The van der Waals surface area contributed by atoms with E-state index in [0.29, 0.717) is 0 Å². The van der Waals surface area contributed by atoms with Crippen LogP contribution in [0.5, 0.6) is 0 Å². The molecule has 3 heteroatoms. The fraction of sp³-hybridized carbons (Fsp3) is 1.00. The zero-order chi connectivity index (χ0) is 7.82. The van der Waals surface area contributed by atoms with Gasteiger partial charge in [0.15, 0.2) is 6.29 Å². The van der Waals surface area contributed by atoms with Gasteiger partial charge in [-0.15, -0.1) is 0 Å². The van der Waals surface area contributed by atoms with Crippen molar-refractivity contribution in [2.45, 2.75) is 32.9 Å². The van der Waals surface area contributed by atoms with Crippen LogP contribution in [0, 0.1) is 0 Å². The average Bonchev–Trinajstić information content (AvgIpc) is 1.89. The van der Waals surface area contributed by atoms with Crippen molar-refractivity contribution >= 4 is 7.85 Å². The Labute approximate surface area is 64.3 Å². The van der Waals surface area contributed by atoms with E-state index in [0.717, 1.165) is 19.6 Å². The molecule has 0 aliphatic heterocycles. The number of rotatable bonds is 6. The van der Waals surface area contributed by atoms with Crippen LogP contribution < -0.4 is 0 Å². The van der Waals surface area contributed by atoms with Gasteiger partial charge in [0.2, 0.25) is 0 Å². The topological polar surface area (TPSA) is 18.5 Å². The molecule has 10 heavy (non-hydrogen) atoms. The van der Waals surface area contributed by atoms with Crippen molar-refractivity contribution in [3.8, 4) is 0 Å². The first kappa shape index (κ1) is 9.98. The van der Waals surface area contributed by atoms with Crippen LogP contribution in [0.2, 0.25) is 6.32 Å². The Balaban J connectivity index is 2.97. The van der Waals surface area contributed by atoms with E-state index in [1.807, 2.05) is 13.8 Å². The second-order valence-corrected chi connectivity index (χ2v) is 2.25. The molecule has 0 aliphatic rings. The SMILES string of the molecule is BCCCOC(C)OCC. The van der Waals surface area contributed by atoms with Crippen LogP contribution in [0.3, 0.4) is 0 Å². The zero-order valence-corrected chi connectivity index (χ0v) is 7.22. The Morgan fingerprint density at radius 1 is 1.40 bits per heavy atom. The third-order valence-electron chi connectivity index (χ3n) is 1.25. The summed E-state index contributed by atoms with van der Waals surface area (Å²) in [5.74, 6) is 0. The van der Waals surface area contributed by atoms with E-state index in [2.05, 4.69) is 7.85 Å². The Kier molecular flexibility index (Phi) is 7.09. The molecule has 0 fully saturated rings. The van der Waals surface area contributed by atoms with E-state index in [9.17, 15) is 0 Å². The van der Waals surface area contributed by atoms with Crippen molar-refractivity contribution in [1.82, 2.24) is 0 Å². The van der Waals surface area contributed by atoms with Crippen LogP contribution >= 0.6 is 0 Å². The van der Waals surface area contributed by atoms with Crippen molar-refractivity contribution in [2.24, 2.45) is 0 Å². The molecule has 0 saturated heterocycles. The molecule has 0 radical (unpaired) electrons. The Morgan fingerprint density at radius 2 is 2.10 bits per heavy atom. The van der Waals surface area contributed by atoms with Crippen LogP contribution in [0.25, 0.3) is 0 Å². The predicted molar refractivity (Wildman–Crippen MR) is 45.0 cm³/mol. The lowest BCUT2D eigenvalue weighted by Gasteiger charge is -2.11. The standard InChI is InChI=1S/C7H17BO2/c1-3-9-7(2)10-6-4-5-8/h7H,3-6,8H2,1-2H3. The second-order valence-electron chi connectivity index (χ2n) is 2.25. The van der Waals surface area contributed by atoms with Crippen molar-refractivity contribution < 1.29 is 9.47 Å². The van der Waals surface area contributed by atoms with Gasteiger partial charge in [0.25, 0.3) is 0 Å². The maximum absolute atomic E-state index is 5.30. The molecule has 0 aromatic heterocycles. The third kappa shape index (κ3) is 6.11. The molecule has 0 aromatic carbocycles. The largest absolute Gasteiger partial charge is 0.353 e. The lowest BCUT2D eigenvalue weighted by Crippen LogP contribution is -2.13. The first-order chi connectivity index (χ1) is 4.81. The maximum atomic E-state index is 5.30. The van der Waals surface area contributed by atoms with E-state index in [1.54, 1.807) is 0 Å². The highest BCUT2D eigenvalue weighted by Gasteiger charge is 1.97. The summed E-state index contributed by atoms with van der Waals surface area (Å²) in [5, 5.41) is 0. The fourth-order valence-corrected chi connectivity index (χ4v) is 0.676. The summed E-state index contributed by atoms with van der Waals surface area (Å²) in [6.45, 7) is 5.45. The predicted octanol–water partition coefficient (Wildman–Crippen LogP) is 0.827. The molecule has 2 nitrogen and oxygen atoms in total. The molecule has 0 aliphatic carbocycles. The highest BCUT2D eigenvalue weighted by atomic mass is 16.7. The van der Waals surface area contributed by atoms with Crippen molar-refractivity contribution in [1.29, 1.82) is 0 Å². The summed E-state index contributed by atoms with van der Waals surface area (Å²) >= 11 is 0.